The number of hydrogen-bond donors (Lipinski definition) is 2. The Morgan fingerprint density at radius 3 is 2.50 bits per heavy atom. The highest BCUT2D eigenvalue weighted by Crippen LogP contribution is 2.33. The molecule has 26 heavy (non-hydrogen) atoms. The first-order chi connectivity index (χ1) is 12.3. The molecular weight excluding hydrogens is 368 g/mol. The van der Waals surface area contributed by atoms with Gasteiger partial charge in [-0.1, -0.05) is 27.7 Å². The molecule has 1 fully saturated rings. The summed E-state index contributed by atoms with van der Waals surface area (Å²) in [4.78, 5) is 1.32. The van der Waals surface area contributed by atoms with Gasteiger partial charge in [0.15, 0.2) is 0 Å². The molecule has 0 saturated carbocycles. The summed E-state index contributed by atoms with van der Waals surface area (Å²) in [6, 6.07) is 5.38. The van der Waals surface area contributed by atoms with E-state index in [0.717, 1.165) is 43.2 Å². The third-order valence-electron chi connectivity index (χ3n) is 4.23. The van der Waals surface area contributed by atoms with Crippen LogP contribution >= 0.6 is 11.8 Å². The summed E-state index contributed by atoms with van der Waals surface area (Å²) >= 11 is 1.69. The molecule has 0 bridgehead atoms. The third kappa shape index (κ3) is 6.76. The van der Waals surface area contributed by atoms with Gasteiger partial charge in [0.25, 0.3) is 0 Å². The second-order valence-electron chi connectivity index (χ2n) is 7.51. The predicted molar refractivity (Wildman–Crippen MR) is 109 cm³/mol. The number of ether oxygens (including phenoxy) is 1. The molecule has 0 spiro atoms. The van der Waals surface area contributed by atoms with Crippen LogP contribution in [-0.4, -0.2) is 40.0 Å². The van der Waals surface area contributed by atoms with Crippen molar-refractivity contribution in [3.63, 3.8) is 0 Å². The van der Waals surface area contributed by atoms with Crippen LogP contribution in [0.4, 0.5) is 5.69 Å². The summed E-state index contributed by atoms with van der Waals surface area (Å²) < 4.78 is 33.2. The number of sulfonamides is 1. The van der Waals surface area contributed by atoms with Crippen molar-refractivity contribution >= 4 is 27.5 Å². The maximum atomic E-state index is 12.5. The van der Waals surface area contributed by atoms with E-state index >= 15 is 0 Å². The Labute approximate surface area is 162 Å². The van der Waals surface area contributed by atoms with Gasteiger partial charge in [0.1, 0.15) is 0 Å². The molecule has 5 nitrogen and oxygen atoms in total. The van der Waals surface area contributed by atoms with Crippen LogP contribution in [0.25, 0.3) is 0 Å². The van der Waals surface area contributed by atoms with Crippen molar-refractivity contribution in [2.45, 2.75) is 55.6 Å². The third-order valence-corrected chi connectivity index (χ3v) is 6.71. The summed E-state index contributed by atoms with van der Waals surface area (Å²) in [6.07, 6.45) is 2.15. The van der Waals surface area contributed by atoms with Crippen molar-refractivity contribution in [3.8, 4) is 0 Å². The Bertz CT molecular complexity index is 669. The van der Waals surface area contributed by atoms with Crippen molar-refractivity contribution in [2.24, 2.45) is 11.8 Å². The van der Waals surface area contributed by atoms with Gasteiger partial charge in [0.05, 0.1) is 4.90 Å². The average Bonchev–Trinajstić information content (AvgIpc) is 2.59. The zero-order chi connectivity index (χ0) is 19.2. The Kier molecular flexibility index (Phi) is 8.26. The van der Waals surface area contributed by atoms with Crippen LogP contribution < -0.4 is 10.0 Å². The summed E-state index contributed by atoms with van der Waals surface area (Å²) in [6.45, 7) is 11.2. The highest BCUT2D eigenvalue weighted by atomic mass is 32.2. The molecule has 0 radical (unpaired) electrons. The summed E-state index contributed by atoms with van der Waals surface area (Å²) in [5.41, 5.74) is 1.01. The average molecular weight is 401 g/mol. The fraction of sp³-hybridized carbons (Fsp3) is 0.684. The standard InChI is InChI=1S/C19H32N2O3S2/c1-14(2)12-21-26(22,23)17-5-6-18(19(11-17)25-15(3)4)20-13-16-7-9-24-10-8-16/h5-6,11,14-16,20-21H,7-10,12-13H2,1-4H3. The number of benzene rings is 1. The zero-order valence-corrected chi connectivity index (χ0v) is 17.9. The van der Waals surface area contributed by atoms with E-state index < -0.39 is 10.0 Å². The highest BCUT2D eigenvalue weighted by Gasteiger charge is 2.18. The van der Waals surface area contributed by atoms with E-state index in [4.69, 9.17) is 4.74 Å². The van der Waals surface area contributed by atoms with Gasteiger partial charge in [-0.2, -0.15) is 0 Å². The second kappa shape index (κ2) is 9.97. The molecule has 7 heteroatoms. The van der Waals surface area contributed by atoms with Gasteiger partial charge in [0, 0.05) is 42.1 Å². The molecule has 1 aromatic carbocycles. The largest absolute Gasteiger partial charge is 0.384 e. The van der Waals surface area contributed by atoms with Gasteiger partial charge in [0.2, 0.25) is 10.0 Å². The molecule has 0 aromatic heterocycles. The molecule has 0 unspecified atom stereocenters. The minimum Gasteiger partial charge on any atom is -0.384 e. The Balaban J connectivity index is 2.15. The van der Waals surface area contributed by atoms with Crippen molar-refractivity contribution in [3.05, 3.63) is 18.2 Å². The normalized spacial score (nSPS) is 16.4. The molecule has 1 saturated heterocycles. The minimum atomic E-state index is -3.47. The predicted octanol–water partition coefficient (Wildman–Crippen LogP) is 3.96. The molecule has 0 aliphatic carbocycles. The molecule has 1 heterocycles. The molecule has 1 aliphatic rings. The van der Waals surface area contributed by atoms with Crippen LogP contribution in [0.15, 0.2) is 28.0 Å². The Morgan fingerprint density at radius 1 is 1.19 bits per heavy atom. The highest BCUT2D eigenvalue weighted by molar-refractivity contribution is 8.00. The van der Waals surface area contributed by atoms with Crippen molar-refractivity contribution < 1.29 is 13.2 Å². The van der Waals surface area contributed by atoms with Gasteiger partial charge in [-0.25, -0.2) is 13.1 Å². The second-order valence-corrected chi connectivity index (χ2v) is 10.9. The molecule has 0 amide bonds. The number of thioether (sulfide) groups is 1. The summed E-state index contributed by atoms with van der Waals surface area (Å²) in [5, 5.41) is 3.90. The van der Waals surface area contributed by atoms with Crippen LogP contribution in [0.5, 0.6) is 0 Å². The molecule has 2 N–H and O–H groups in total. The van der Waals surface area contributed by atoms with E-state index in [1.54, 1.807) is 23.9 Å². The number of nitrogens with one attached hydrogen (secondary N) is 2. The van der Waals surface area contributed by atoms with Crippen LogP contribution in [0.2, 0.25) is 0 Å². The molecule has 0 atom stereocenters. The first-order valence-electron chi connectivity index (χ1n) is 9.40. The van der Waals surface area contributed by atoms with Gasteiger partial charge in [-0.3, -0.25) is 0 Å². The maximum absolute atomic E-state index is 12.5. The van der Waals surface area contributed by atoms with Gasteiger partial charge >= 0.3 is 0 Å². The topological polar surface area (TPSA) is 67.4 Å². The molecule has 1 aromatic rings. The maximum Gasteiger partial charge on any atom is 0.240 e. The number of hydrogen-bond acceptors (Lipinski definition) is 5. The van der Waals surface area contributed by atoms with Crippen LogP contribution in [0, 0.1) is 11.8 Å². The summed E-state index contributed by atoms with van der Waals surface area (Å²) in [7, 11) is -3.47. The lowest BCUT2D eigenvalue weighted by Gasteiger charge is -2.23. The molecule has 2 rings (SSSR count). The first-order valence-corrected chi connectivity index (χ1v) is 11.8. The van der Waals surface area contributed by atoms with E-state index in [-0.39, 0.29) is 5.92 Å². The lowest BCUT2D eigenvalue weighted by atomic mass is 10.0. The van der Waals surface area contributed by atoms with E-state index in [2.05, 4.69) is 23.9 Å². The van der Waals surface area contributed by atoms with Crippen LogP contribution in [0.3, 0.4) is 0 Å². The Morgan fingerprint density at radius 2 is 1.88 bits per heavy atom. The first kappa shape index (κ1) is 21.5. The van der Waals surface area contributed by atoms with Gasteiger partial charge in [-0.15, -0.1) is 11.8 Å². The van der Waals surface area contributed by atoms with E-state index in [1.165, 1.54) is 0 Å². The van der Waals surface area contributed by atoms with E-state index in [0.29, 0.717) is 22.6 Å². The van der Waals surface area contributed by atoms with Crippen molar-refractivity contribution in [1.29, 1.82) is 0 Å². The fourth-order valence-electron chi connectivity index (χ4n) is 2.73. The quantitative estimate of drug-likeness (QED) is 0.614. The lowest BCUT2D eigenvalue weighted by Crippen LogP contribution is -2.27. The van der Waals surface area contributed by atoms with E-state index in [9.17, 15) is 8.42 Å². The van der Waals surface area contributed by atoms with Crippen LogP contribution in [-0.2, 0) is 14.8 Å². The smallest absolute Gasteiger partial charge is 0.240 e. The summed E-state index contributed by atoms with van der Waals surface area (Å²) in [5.74, 6) is 0.881. The fourth-order valence-corrected chi connectivity index (χ4v) is 5.02. The number of rotatable bonds is 9. The molecular formula is C19H32N2O3S2. The molecule has 148 valence electrons. The molecule has 1 aliphatic heterocycles. The van der Waals surface area contributed by atoms with E-state index in [1.807, 2.05) is 19.9 Å². The van der Waals surface area contributed by atoms with Gasteiger partial charge in [-0.05, 0) is 42.9 Å². The SMILES string of the molecule is CC(C)CNS(=O)(=O)c1ccc(NCC2CCOCC2)c(SC(C)C)c1. The van der Waals surface area contributed by atoms with Crippen molar-refractivity contribution in [2.75, 3.05) is 31.6 Å². The monoisotopic (exact) mass is 400 g/mol. The van der Waals surface area contributed by atoms with Gasteiger partial charge < -0.3 is 10.1 Å². The van der Waals surface area contributed by atoms with Crippen LogP contribution in [0.1, 0.15) is 40.5 Å². The Hall–Kier alpha value is -0.760. The number of anilines is 1. The zero-order valence-electron chi connectivity index (χ0n) is 16.2. The minimum absolute atomic E-state index is 0.273. The lowest BCUT2D eigenvalue weighted by molar-refractivity contribution is 0.0699. The van der Waals surface area contributed by atoms with Crippen molar-refractivity contribution in [1.82, 2.24) is 4.72 Å².